The molecule has 0 spiro atoms. The minimum absolute atomic E-state index is 0.445. The van der Waals surface area contributed by atoms with Crippen LogP contribution in [0.15, 0.2) is 4.52 Å². The van der Waals surface area contributed by atoms with Gasteiger partial charge in [-0.25, -0.2) is 0 Å². The van der Waals surface area contributed by atoms with E-state index < -0.39 is 6.10 Å². The molecular weight excluding hydrogens is 156 g/mol. The summed E-state index contributed by atoms with van der Waals surface area (Å²) in [4.78, 5) is 0. The van der Waals surface area contributed by atoms with Crippen LogP contribution in [0, 0.1) is 13.8 Å². The fourth-order valence-corrected chi connectivity index (χ4v) is 1.03. The largest absolute Gasteiger partial charge is 0.385 e. The molecule has 1 rings (SSSR count). The van der Waals surface area contributed by atoms with Crippen molar-refractivity contribution < 1.29 is 9.63 Å². The molecule has 0 saturated carbocycles. The van der Waals surface area contributed by atoms with Crippen LogP contribution in [0.5, 0.6) is 0 Å². The Kier molecular flexibility index (Phi) is 2.83. The summed E-state index contributed by atoms with van der Waals surface area (Å²) >= 11 is 0. The quantitative estimate of drug-likeness (QED) is 0.699. The van der Waals surface area contributed by atoms with Crippen LogP contribution in [0.25, 0.3) is 0 Å². The molecule has 68 valence electrons. The number of aliphatic hydroxyl groups excluding tert-OH is 1. The Morgan fingerprint density at radius 3 is 2.67 bits per heavy atom. The van der Waals surface area contributed by atoms with Crippen molar-refractivity contribution in [2.45, 2.75) is 26.4 Å². The molecule has 12 heavy (non-hydrogen) atoms. The lowest BCUT2D eigenvalue weighted by atomic mass is 10.1. The van der Waals surface area contributed by atoms with Gasteiger partial charge in [-0.3, -0.25) is 0 Å². The minimum Gasteiger partial charge on any atom is -0.385 e. The lowest BCUT2D eigenvalue weighted by Crippen LogP contribution is -2.06. The van der Waals surface area contributed by atoms with E-state index in [0.717, 1.165) is 11.3 Å². The first-order chi connectivity index (χ1) is 5.66. The van der Waals surface area contributed by atoms with Crippen LogP contribution in [0.3, 0.4) is 0 Å². The molecule has 1 aromatic heterocycles. The molecule has 0 fully saturated rings. The Balaban J connectivity index is 2.80. The van der Waals surface area contributed by atoms with Crippen LogP contribution >= 0.6 is 0 Å². The average molecular weight is 170 g/mol. The van der Waals surface area contributed by atoms with Crippen LogP contribution in [0.4, 0.5) is 0 Å². The maximum atomic E-state index is 9.50. The van der Waals surface area contributed by atoms with E-state index >= 15 is 0 Å². The van der Waals surface area contributed by atoms with Gasteiger partial charge in [0.2, 0.25) is 0 Å². The third-order valence-corrected chi connectivity index (χ3v) is 1.94. The van der Waals surface area contributed by atoms with E-state index in [0.29, 0.717) is 18.7 Å². The van der Waals surface area contributed by atoms with Crippen molar-refractivity contribution in [2.24, 2.45) is 5.73 Å². The van der Waals surface area contributed by atoms with Gasteiger partial charge in [0.25, 0.3) is 0 Å². The number of hydrogen-bond acceptors (Lipinski definition) is 4. The summed E-state index contributed by atoms with van der Waals surface area (Å²) in [6.07, 6.45) is -0.105. The molecule has 0 bridgehead atoms. The van der Waals surface area contributed by atoms with Gasteiger partial charge in [0, 0.05) is 5.56 Å². The normalized spacial score (nSPS) is 13.3. The van der Waals surface area contributed by atoms with E-state index in [9.17, 15) is 5.11 Å². The molecule has 4 heteroatoms. The summed E-state index contributed by atoms with van der Waals surface area (Å²) in [6, 6.07) is 0. The Morgan fingerprint density at radius 1 is 1.58 bits per heavy atom. The fraction of sp³-hybridized carbons (Fsp3) is 0.625. The second kappa shape index (κ2) is 3.69. The summed E-state index contributed by atoms with van der Waals surface area (Å²) < 4.78 is 4.95. The zero-order valence-corrected chi connectivity index (χ0v) is 7.37. The summed E-state index contributed by atoms with van der Waals surface area (Å²) in [5.41, 5.74) is 7.03. The van der Waals surface area contributed by atoms with Gasteiger partial charge in [0.15, 0.2) is 5.76 Å². The van der Waals surface area contributed by atoms with Crippen LogP contribution in [0.1, 0.15) is 29.5 Å². The van der Waals surface area contributed by atoms with E-state index in [2.05, 4.69) is 5.16 Å². The Hall–Kier alpha value is -0.870. The molecule has 0 aromatic carbocycles. The molecule has 0 amide bonds. The lowest BCUT2D eigenvalue weighted by molar-refractivity contribution is 0.132. The predicted molar refractivity (Wildman–Crippen MR) is 44.6 cm³/mol. The first kappa shape index (κ1) is 9.22. The van der Waals surface area contributed by atoms with E-state index in [1.165, 1.54) is 0 Å². The standard InChI is InChI=1S/C8H14N2O2/c1-5-6(2)10-12-8(5)7(11)3-4-9/h7,11H,3-4,9H2,1-2H3. The maximum Gasteiger partial charge on any atom is 0.168 e. The van der Waals surface area contributed by atoms with Gasteiger partial charge in [-0.05, 0) is 26.8 Å². The molecule has 0 aliphatic rings. The van der Waals surface area contributed by atoms with Gasteiger partial charge in [0.1, 0.15) is 6.10 Å². The monoisotopic (exact) mass is 170 g/mol. The Labute approximate surface area is 71.4 Å². The molecule has 3 N–H and O–H groups in total. The zero-order valence-electron chi connectivity index (χ0n) is 7.37. The van der Waals surface area contributed by atoms with Crippen molar-refractivity contribution in [1.29, 1.82) is 0 Å². The van der Waals surface area contributed by atoms with Crippen LogP contribution in [0.2, 0.25) is 0 Å². The molecule has 0 aliphatic carbocycles. The van der Waals surface area contributed by atoms with Crippen molar-refractivity contribution in [2.75, 3.05) is 6.54 Å². The molecule has 1 aromatic rings. The topological polar surface area (TPSA) is 72.3 Å². The molecule has 0 aliphatic heterocycles. The predicted octanol–water partition coefficient (Wildman–Crippen LogP) is 0.674. The number of aliphatic hydroxyl groups is 1. The van der Waals surface area contributed by atoms with E-state index in [-0.39, 0.29) is 0 Å². The molecular formula is C8H14N2O2. The summed E-state index contributed by atoms with van der Waals surface area (Å²) in [5.74, 6) is 0.540. The minimum atomic E-state index is -0.615. The highest BCUT2D eigenvalue weighted by atomic mass is 16.5. The summed E-state index contributed by atoms with van der Waals surface area (Å²) in [6.45, 7) is 4.17. The van der Waals surface area contributed by atoms with Crippen molar-refractivity contribution >= 4 is 0 Å². The molecule has 1 atom stereocenters. The van der Waals surface area contributed by atoms with E-state index in [1.807, 2.05) is 13.8 Å². The molecule has 0 radical (unpaired) electrons. The van der Waals surface area contributed by atoms with Crippen LogP contribution in [-0.4, -0.2) is 16.8 Å². The molecule has 1 unspecified atom stereocenters. The number of aryl methyl sites for hydroxylation is 1. The third-order valence-electron chi connectivity index (χ3n) is 1.94. The van der Waals surface area contributed by atoms with Gasteiger partial charge >= 0.3 is 0 Å². The lowest BCUT2D eigenvalue weighted by Gasteiger charge is -2.04. The SMILES string of the molecule is Cc1noc(C(O)CCN)c1C. The van der Waals surface area contributed by atoms with Gasteiger partial charge < -0.3 is 15.4 Å². The summed E-state index contributed by atoms with van der Waals surface area (Å²) in [5, 5.41) is 13.2. The Bertz CT molecular complexity index is 258. The molecule has 1 heterocycles. The summed E-state index contributed by atoms with van der Waals surface area (Å²) in [7, 11) is 0. The maximum absolute atomic E-state index is 9.50. The number of hydrogen-bond donors (Lipinski definition) is 2. The van der Waals surface area contributed by atoms with Gasteiger partial charge in [-0.1, -0.05) is 5.16 Å². The van der Waals surface area contributed by atoms with E-state index in [1.54, 1.807) is 0 Å². The first-order valence-electron chi connectivity index (χ1n) is 3.97. The van der Waals surface area contributed by atoms with Gasteiger partial charge in [-0.2, -0.15) is 0 Å². The van der Waals surface area contributed by atoms with Crippen molar-refractivity contribution in [3.63, 3.8) is 0 Å². The average Bonchev–Trinajstić information content (AvgIpc) is 2.34. The number of aromatic nitrogens is 1. The fourth-order valence-electron chi connectivity index (χ4n) is 1.03. The smallest absolute Gasteiger partial charge is 0.168 e. The van der Waals surface area contributed by atoms with Crippen LogP contribution in [-0.2, 0) is 0 Å². The highest BCUT2D eigenvalue weighted by Crippen LogP contribution is 2.21. The van der Waals surface area contributed by atoms with E-state index in [4.69, 9.17) is 10.3 Å². The zero-order chi connectivity index (χ0) is 9.14. The highest BCUT2D eigenvalue weighted by Gasteiger charge is 2.16. The number of nitrogens with two attached hydrogens (primary N) is 1. The molecule has 0 saturated heterocycles. The van der Waals surface area contributed by atoms with Gasteiger partial charge in [0.05, 0.1) is 5.69 Å². The number of rotatable bonds is 3. The van der Waals surface area contributed by atoms with Crippen LogP contribution < -0.4 is 5.73 Å². The number of nitrogens with zero attached hydrogens (tertiary/aromatic N) is 1. The van der Waals surface area contributed by atoms with Crippen molar-refractivity contribution in [3.8, 4) is 0 Å². The van der Waals surface area contributed by atoms with Crippen molar-refractivity contribution in [1.82, 2.24) is 5.16 Å². The second-order valence-electron chi connectivity index (χ2n) is 2.85. The highest BCUT2D eigenvalue weighted by molar-refractivity contribution is 5.21. The third kappa shape index (κ3) is 1.65. The second-order valence-corrected chi connectivity index (χ2v) is 2.85. The van der Waals surface area contributed by atoms with Crippen molar-refractivity contribution in [3.05, 3.63) is 17.0 Å². The van der Waals surface area contributed by atoms with Gasteiger partial charge in [-0.15, -0.1) is 0 Å². The Morgan fingerprint density at radius 2 is 2.25 bits per heavy atom. The molecule has 4 nitrogen and oxygen atoms in total. The first-order valence-corrected chi connectivity index (χ1v) is 3.97.